The number of carbonyl (C=O) groups is 2. The van der Waals surface area contributed by atoms with E-state index in [-0.39, 0.29) is 17.6 Å². The average Bonchev–Trinajstić information content (AvgIpc) is 3.04. The third-order valence-electron chi connectivity index (χ3n) is 5.29. The highest BCUT2D eigenvalue weighted by atomic mass is 16.2. The summed E-state index contributed by atoms with van der Waals surface area (Å²) in [7, 11) is 1.93. The lowest BCUT2D eigenvalue weighted by atomic mass is 9.89. The second-order valence-corrected chi connectivity index (χ2v) is 6.81. The average molecular weight is 347 g/mol. The molecule has 1 saturated heterocycles. The topological polar surface area (TPSA) is 55.2 Å². The van der Waals surface area contributed by atoms with Gasteiger partial charge in [0, 0.05) is 54.9 Å². The summed E-state index contributed by atoms with van der Waals surface area (Å²) in [6.07, 6.45) is 4.70. The number of carbonyl (C=O) groups excluding carboxylic acids is 2. The maximum absolute atomic E-state index is 12.9. The summed E-state index contributed by atoms with van der Waals surface area (Å²) < 4.78 is 1.95. The molecule has 0 spiro atoms. The third-order valence-corrected chi connectivity index (χ3v) is 5.29. The Hall–Kier alpha value is -2.95. The smallest absolute Gasteiger partial charge is 0.270 e. The van der Waals surface area contributed by atoms with Crippen molar-refractivity contribution in [1.29, 1.82) is 0 Å². The van der Waals surface area contributed by atoms with Gasteiger partial charge < -0.3 is 9.47 Å². The fourth-order valence-electron chi connectivity index (χ4n) is 3.75. The van der Waals surface area contributed by atoms with Crippen molar-refractivity contribution in [3.8, 4) is 0 Å². The summed E-state index contributed by atoms with van der Waals surface area (Å²) in [5.74, 6) is 0.177. The van der Waals surface area contributed by atoms with Crippen molar-refractivity contribution in [3.05, 3.63) is 66.1 Å². The molecular weight excluding hydrogens is 326 g/mol. The molecule has 3 heterocycles. The number of pyridine rings is 1. The van der Waals surface area contributed by atoms with Crippen molar-refractivity contribution in [2.75, 3.05) is 13.1 Å². The number of hydrogen-bond donors (Lipinski definition) is 0. The normalized spacial score (nSPS) is 15.3. The number of aryl methyl sites for hydroxylation is 1. The zero-order valence-corrected chi connectivity index (χ0v) is 14.8. The van der Waals surface area contributed by atoms with Gasteiger partial charge in [0.15, 0.2) is 5.78 Å². The van der Waals surface area contributed by atoms with Gasteiger partial charge in [0.05, 0.1) is 0 Å². The highest BCUT2D eigenvalue weighted by Crippen LogP contribution is 2.25. The van der Waals surface area contributed by atoms with E-state index in [4.69, 9.17) is 0 Å². The molecule has 0 N–H and O–H groups in total. The van der Waals surface area contributed by atoms with Crippen LogP contribution in [-0.2, 0) is 7.05 Å². The molecule has 1 aromatic carbocycles. The number of amides is 1. The first-order valence-electron chi connectivity index (χ1n) is 8.93. The lowest BCUT2D eigenvalue weighted by Crippen LogP contribution is -2.40. The number of Topliss-reactive ketones (excluding diaryl/α,β-unsaturated/α-hetero) is 1. The van der Waals surface area contributed by atoms with Crippen molar-refractivity contribution >= 4 is 22.6 Å². The second kappa shape index (κ2) is 6.75. The molecule has 26 heavy (non-hydrogen) atoms. The molecule has 3 aromatic rings. The maximum Gasteiger partial charge on any atom is 0.270 e. The minimum atomic E-state index is -0.0195. The van der Waals surface area contributed by atoms with Crippen LogP contribution in [0.2, 0.25) is 0 Å². The van der Waals surface area contributed by atoms with E-state index in [1.165, 1.54) is 0 Å². The van der Waals surface area contributed by atoms with Gasteiger partial charge in [0.2, 0.25) is 0 Å². The van der Waals surface area contributed by atoms with Crippen LogP contribution in [0.4, 0.5) is 0 Å². The number of likely N-dealkylation sites (tertiary alicyclic amines) is 1. The molecule has 0 bridgehead atoms. The quantitative estimate of drug-likeness (QED) is 0.683. The van der Waals surface area contributed by atoms with Crippen LogP contribution in [0.25, 0.3) is 10.9 Å². The molecule has 1 amide bonds. The molecule has 1 fully saturated rings. The summed E-state index contributed by atoms with van der Waals surface area (Å²) >= 11 is 0. The van der Waals surface area contributed by atoms with Crippen LogP contribution in [0, 0.1) is 5.92 Å². The fraction of sp³-hybridized carbons (Fsp3) is 0.286. The van der Waals surface area contributed by atoms with E-state index in [0.29, 0.717) is 37.2 Å². The number of hydrogen-bond acceptors (Lipinski definition) is 3. The predicted octanol–water partition coefficient (Wildman–Crippen LogP) is 3.31. The van der Waals surface area contributed by atoms with Crippen molar-refractivity contribution < 1.29 is 9.59 Å². The van der Waals surface area contributed by atoms with Gasteiger partial charge in [-0.2, -0.15) is 0 Å². The molecule has 0 unspecified atom stereocenters. The molecule has 5 heteroatoms. The lowest BCUT2D eigenvalue weighted by Gasteiger charge is -2.31. The van der Waals surface area contributed by atoms with Crippen molar-refractivity contribution in [1.82, 2.24) is 14.5 Å². The van der Waals surface area contributed by atoms with Gasteiger partial charge in [-0.25, -0.2) is 0 Å². The van der Waals surface area contributed by atoms with E-state index in [2.05, 4.69) is 4.98 Å². The van der Waals surface area contributed by atoms with Crippen LogP contribution in [0.15, 0.2) is 54.9 Å². The molecule has 2 aromatic heterocycles. The largest absolute Gasteiger partial charge is 0.340 e. The number of benzene rings is 1. The Morgan fingerprint density at radius 2 is 1.73 bits per heavy atom. The van der Waals surface area contributed by atoms with Crippen LogP contribution in [-0.4, -0.2) is 39.2 Å². The second-order valence-electron chi connectivity index (χ2n) is 6.81. The molecule has 0 radical (unpaired) electrons. The minimum absolute atomic E-state index is 0.0195. The standard InChI is InChI=1S/C21H21N3O2/c1-23-18-5-3-2-4-17(18)14-19(23)21(26)24-12-8-16(9-13-24)20(25)15-6-10-22-11-7-15/h2-7,10-11,14,16H,8-9,12-13H2,1H3. The van der Waals surface area contributed by atoms with Crippen LogP contribution in [0.3, 0.4) is 0 Å². The summed E-state index contributed by atoms with van der Waals surface area (Å²) in [5.41, 5.74) is 2.46. The molecule has 0 atom stereocenters. The molecule has 0 saturated carbocycles. The Labute approximate surface area is 152 Å². The lowest BCUT2D eigenvalue weighted by molar-refractivity contribution is 0.0643. The van der Waals surface area contributed by atoms with Crippen LogP contribution < -0.4 is 0 Å². The van der Waals surface area contributed by atoms with Crippen LogP contribution in [0.5, 0.6) is 0 Å². The Bertz CT molecular complexity index is 954. The minimum Gasteiger partial charge on any atom is -0.340 e. The number of piperidine rings is 1. The number of ketones is 1. The summed E-state index contributed by atoms with van der Waals surface area (Å²) in [6, 6.07) is 13.5. The molecule has 132 valence electrons. The zero-order chi connectivity index (χ0) is 18.1. The predicted molar refractivity (Wildman–Crippen MR) is 100 cm³/mol. The Balaban J connectivity index is 1.46. The van der Waals surface area contributed by atoms with Crippen molar-refractivity contribution in [3.63, 3.8) is 0 Å². The maximum atomic E-state index is 12.9. The molecule has 5 nitrogen and oxygen atoms in total. The number of rotatable bonds is 3. The Kier molecular flexibility index (Phi) is 4.29. The molecule has 4 rings (SSSR count). The van der Waals surface area contributed by atoms with Gasteiger partial charge in [-0.15, -0.1) is 0 Å². The van der Waals surface area contributed by atoms with Gasteiger partial charge in [0.25, 0.3) is 5.91 Å². The Morgan fingerprint density at radius 3 is 2.42 bits per heavy atom. The van der Waals surface area contributed by atoms with Gasteiger partial charge in [0.1, 0.15) is 5.69 Å². The van der Waals surface area contributed by atoms with Gasteiger partial charge >= 0.3 is 0 Å². The van der Waals surface area contributed by atoms with Crippen molar-refractivity contribution in [2.24, 2.45) is 13.0 Å². The van der Waals surface area contributed by atoms with E-state index in [1.807, 2.05) is 46.8 Å². The molecule has 1 aliphatic rings. The number of nitrogens with zero attached hydrogens (tertiary/aromatic N) is 3. The monoisotopic (exact) mass is 347 g/mol. The molecular formula is C21H21N3O2. The number of para-hydroxylation sites is 1. The van der Waals surface area contributed by atoms with E-state index >= 15 is 0 Å². The zero-order valence-electron chi connectivity index (χ0n) is 14.8. The Morgan fingerprint density at radius 1 is 1.04 bits per heavy atom. The molecule has 1 aliphatic heterocycles. The van der Waals surface area contributed by atoms with Crippen LogP contribution in [0.1, 0.15) is 33.7 Å². The number of fused-ring (bicyclic) bond motifs is 1. The van der Waals surface area contributed by atoms with E-state index in [0.717, 1.165) is 10.9 Å². The van der Waals surface area contributed by atoms with E-state index < -0.39 is 0 Å². The highest BCUT2D eigenvalue weighted by molar-refractivity contribution is 6.00. The summed E-state index contributed by atoms with van der Waals surface area (Å²) in [4.78, 5) is 31.4. The van der Waals surface area contributed by atoms with Crippen molar-refractivity contribution in [2.45, 2.75) is 12.8 Å². The van der Waals surface area contributed by atoms with Gasteiger partial charge in [-0.05, 0) is 37.1 Å². The van der Waals surface area contributed by atoms with E-state index in [9.17, 15) is 9.59 Å². The third kappa shape index (κ3) is 2.90. The number of aromatic nitrogens is 2. The first-order chi connectivity index (χ1) is 12.6. The summed E-state index contributed by atoms with van der Waals surface area (Å²) in [6.45, 7) is 1.23. The first kappa shape index (κ1) is 16.5. The highest BCUT2D eigenvalue weighted by Gasteiger charge is 2.29. The SMILES string of the molecule is Cn1c(C(=O)N2CCC(C(=O)c3ccncc3)CC2)cc2ccccc21. The van der Waals surface area contributed by atoms with Gasteiger partial charge in [-0.3, -0.25) is 14.6 Å². The fourth-order valence-corrected chi connectivity index (χ4v) is 3.75. The van der Waals surface area contributed by atoms with Gasteiger partial charge in [-0.1, -0.05) is 18.2 Å². The van der Waals surface area contributed by atoms with E-state index in [1.54, 1.807) is 24.5 Å². The molecule has 0 aliphatic carbocycles. The van der Waals surface area contributed by atoms with Crippen LogP contribution >= 0.6 is 0 Å². The first-order valence-corrected chi connectivity index (χ1v) is 8.93. The summed E-state index contributed by atoms with van der Waals surface area (Å²) in [5, 5.41) is 1.07.